The molecule has 1 fully saturated rings. The topological polar surface area (TPSA) is 66.9 Å². The van der Waals surface area contributed by atoms with Crippen molar-refractivity contribution in [1.82, 2.24) is 9.80 Å². The lowest BCUT2D eigenvalue weighted by Crippen LogP contribution is -2.50. The number of benzene rings is 2. The molecule has 0 radical (unpaired) electrons. The van der Waals surface area contributed by atoms with Crippen LogP contribution in [0.1, 0.15) is 27.6 Å². The van der Waals surface area contributed by atoms with Crippen molar-refractivity contribution in [1.29, 1.82) is 0 Å². The molecule has 0 N–H and O–H groups in total. The Balaban J connectivity index is 1.61. The van der Waals surface area contributed by atoms with Gasteiger partial charge < -0.3 is 14.5 Å². The minimum atomic E-state index is -0.451. The van der Waals surface area contributed by atoms with Crippen LogP contribution in [-0.2, 0) is 4.79 Å². The third-order valence-corrected chi connectivity index (χ3v) is 4.29. The quantitative estimate of drug-likeness (QED) is 0.614. The Labute approximate surface area is 156 Å². The SMILES string of the molecule is CC(=O)Oc1cccc(C(=O)N2CCN(C(=O)c3ccc(F)cc3)CC2)c1. The first kappa shape index (κ1) is 18.6. The molecule has 0 saturated carbocycles. The van der Waals surface area contributed by atoms with E-state index in [1.54, 1.807) is 28.0 Å². The Morgan fingerprint density at radius 1 is 0.852 bits per heavy atom. The molecule has 1 aliphatic heterocycles. The van der Waals surface area contributed by atoms with Gasteiger partial charge in [0, 0.05) is 44.2 Å². The van der Waals surface area contributed by atoms with Gasteiger partial charge in [-0.1, -0.05) is 6.07 Å². The molecule has 2 aromatic carbocycles. The van der Waals surface area contributed by atoms with Crippen LogP contribution >= 0.6 is 0 Å². The Morgan fingerprint density at radius 3 is 1.96 bits per heavy atom. The summed E-state index contributed by atoms with van der Waals surface area (Å²) in [5.74, 6) is -0.888. The smallest absolute Gasteiger partial charge is 0.308 e. The minimum Gasteiger partial charge on any atom is -0.427 e. The third kappa shape index (κ3) is 4.49. The number of carbonyl (C=O) groups is 3. The predicted octanol–water partition coefficient (Wildman–Crippen LogP) is 2.35. The monoisotopic (exact) mass is 370 g/mol. The maximum absolute atomic E-state index is 13.0. The van der Waals surface area contributed by atoms with Crippen LogP contribution in [0.2, 0.25) is 0 Å². The molecule has 2 amide bonds. The number of piperazine rings is 1. The lowest BCUT2D eigenvalue weighted by Gasteiger charge is -2.35. The summed E-state index contributed by atoms with van der Waals surface area (Å²) in [5, 5.41) is 0. The Hall–Kier alpha value is -3.22. The number of amides is 2. The van der Waals surface area contributed by atoms with Gasteiger partial charge in [0.05, 0.1) is 0 Å². The first-order valence-electron chi connectivity index (χ1n) is 8.56. The van der Waals surface area contributed by atoms with Gasteiger partial charge in [0.25, 0.3) is 11.8 Å². The van der Waals surface area contributed by atoms with Crippen molar-refractivity contribution in [2.24, 2.45) is 0 Å². The molecule has 0 atom stereocenters. The number of rotatable bonds is 3. The number of hydrogen-bond acceptors (Lipinski definition) is 4. The van der Waals surface area contributed by atoms with Crippen molar-refractivity contribution < 1.29 is 23.5 Å². The second-order valence-electron chi connectivity index (χ2n) is 6.21. The van der Waals surface area contributed by atoms with E-state index in [1.165, 1.54) is 37.3 Å². The van der Waals surface area contributed by atoms with Crippen molar-refractivity contribution in [3.05, 3.63) is 65.5 Å². The lowest BCUT2D eigenvalue weighted by atomic mass is 10.1. The van der Waals surface area contributed by atoms with Crippen LogP contribution in [0.25, 0.3) is 0 Å². The van der Waals surface area contributed by atoms with Crippen LogP contribution in [0.4, 0.5) is 4.39 Å². The van der Waals surface area contributed by atoms with Crippen molar-refractivity contribution >= 4 is 17.8 Å². The standard InChI is InChI=1S/C20H19FN2O4/c1-14(24)27-18-4-2-3-16(13-18)20(26)23-11-9-22(10-12-23)19(25)15-5-7-17(21)8-6-15/h2-8,13H,9-12H2,1H3. The lowest BCUT2D eigenvalue weighted by molar-refractivity contribution is -0.131. The molecule has 0 unspecified atom stereocenters. The van der Waals surface area contributed by atoms with E-state index in [4.69, 9.17) is 4.74 Å². The molecule has 27 heavy (non-hydrogen) atoms. The summed E-state index contributed by atoms with van der Waals surface area (Å²) < 4.78 is 18.0. The van der Waals surface area contributed by atoms with Crippen LogP contribution in [0.5, 0.6) is 5.75 Å². The average molecular weight is 370 g/mol. The van der Waals surface area contributed by atoms with Crippen molar-refractivity contribution in [2.45, 2.75) is 6.92 Å². The molecular weight excluding hydrogens is 351 g/mol. The van der Waals surface area contributed by atoms with E-state index >= 15 is 0 Å². The second-order valence-corrected chi connectivity index (χ2v) is 6.21. The van der Waals surface area contributed by atoms with Crippen LogP contribution < -0.4 is 4.74 Å². The maximum Gasteiger partial charge on any atom is 0.308 e. The molecule has 2 aromatic rings. The molecule has 0 aliphatic carbocycles. The summed E-state index contributed by atoms with van der Waals surface area (Å²) in [7, 11) is 0. The van der Waals surface area contributed by atoms with Gasteiger partial charge in [0.2, 0.25) is 0 Å². The van der Waals surface area contributed by atoms with E-state index < -0.39 is 11.8 Å². The zero-order chi connectivity index (χ0) is 19.4. The fraction of sp³-hybridized carbons (Fsp3) is 0.250. The third-order valence-electron chi connectivity index (χ3n) is 4.29. The van der Waals surface area contributed by atoms with Crippen LogP contribution in [0.15, 0.2) is 48.5 Å². The van der Waals surface area contributed by atoms with E-state index in [0.29, 0.717) is 43.1 Å². The summed E-state index contributed by atoms with van der Waals surface area (Å²) in [6.45, 7) is 2.87. The van der Waals surface area contributed by atoms with Crippen LogP contribution in [0, 0.1) is 5.82 Å². The molecule has 140 valence electrons. The normalized spacial score (nSPS) is 14.0. The summed E-state index contributed by atoms with van der Waals surface area (Å²) in [5.41, 5.74) is 0.845. The fourth-order valence-corrected chi connectivity index (χ4v) is 2.93. The molecular formula is C20H19FN2O4. The first-order valence-corrected chi connectivity index (χ1v) is 8.56. The zero-order valence-electron chi connectivity index (χ0n) is 14.9. The van der Waals surface area contributed by atoms with E-state index in [-0.39, 0.29) is 11.8 Å². The molecule has 0 bridgehead atoms. The van der Waals surface area contributed by atoms with Crippen LogP contribution in [0.3, 0.4) is 0 Å². The molecule has 1 heterocycles. The van der Waals surface area contributed by atoms with Gasteiger partial charge in [0.15, 0.2) is 0 Å². The number of nitrogens with zero attached hydrogens (tertiary/aromatic N) is 2. The molecule has 7 heteroatoms. The number of hydrogen-bond donors (Lipinski definition) is 0. The Morgan fingerprint density at radius 2 is 1.41 bits per heavy atom. The summed E-state index contributed by atoms with van der Waals surface area (Å²) in [6.07, 6.45) is 0. The highest BCUT2D eigenvalue weighted by Gasteiger charge is 2.25. The highest BCUT2D eigenvalue weighted by Crippen LogP contribution is 2.17. The van der Waals surface area contributed by atoms with E-state index in [9.17, 15) is 18.8 Å². The average Bonchev–Trinajstić information content (AvgIpc) is 2.67. The molecule has 0 aromatic heterocycles. The van der Waals surface area contributed by atoms with Gasteiger partial charge >= 0.3 is 5.97 Å². The molecule has 1 aliphatic rings. The summed E-state index contributed by atoms with van der Waals surface area (Å²) in [4.78, 5) is 39.5. The Kier molecular flexibility index (Phi) is 5.49. The van der Waals surface area contributed by atoms with Gasteiger partial charge in [-0.15, -0.1) is 0 Å². The zero-order valence-corrected chi connectivity index (χ0v) is 14.9. The van der Waals surface area contributed by atoms with Crippen molar-refractivity contribution in [3.63, 3.8) is 0 Å². The summed E-state index contributed by atoms with van der Waals surface area (Å²) >= 11 is 0. The highest BCUT2D eigenvalue weighted by molar-refractivity contribution is 5.96. The van der Waals surface area contributed by atoms with E-state index in [1.807, 2.05) is 0 Å². The summed E-state index contributed by atoms with van der Waals surface area (Å²) in [6, 6.07) is 11.9. The van der Waals surface area contributed by atoms with Gasteiger partial charge in [-0.25, -0.2) is 4.39 Å². The fourth-order valence-electron chi connectivity index (χ4n) is 2.93. The second kappa shape index (κ2) is 7.99. The maximum atomic E-state index is 13.0. The van der Waals surface area contributed by atoms with Crippen molar-refractivity contribution in [3.8, 4) is 5.75 Å². The van der Waals surface area contributed by atoms with Gasteiger partial charge in [-0.2, -0.15) is 0 Å². The van der Waals surface area contributed by atoms with Crippen LogP contribution in [-0.4, -0.2) is 53.8 Å². The van der Waals surface area contributed by atoms with Gasteiger partial charge in [-0.3, -0.25) is 14.4 Å². The highest BCUT2D eigenvalue weighted by atomic mass is 19.1. The van der Waals surface area contributed by atoms with Gasteiger partial charge in [-0.05, 0) is 42.5 Å². The minimum absolute atomic E-state index is 0.182. The largest absolute Gasteiger partial charge is 0.427 e. The predicted molar refractivity (Wildman–Crippen MR) is 96.0 cm³/mol. The van der Waals surface area contributed by atoms with E-state index in [2.05, 4.69) is 0 Å². The number of esters is 1. The molecule has 3 rings (SSSR count). The van der Waals surface area contributed by atoms with Gasteiger partial charge in [0.1, 0.15) is 11.6 Å². The molecule has 0 spiro atoms. The number of carbonyl (C=O) groups excluding carboxylic acids is 3. The Bertz CT molecular complexity index is 859. The first-order chi connectivity index (χ1) is 12.9. The van der Waals surface area contributed by atoms with E-state index in [0.717, 1.165) is 0 Å². The van der Waals surface area contributed by atoms with Crippen molar-refractivity contribution in [2.75, 3.05) is 26.2 Å². The number of halogens is 1. The number of ether oxygens (including phenoxy) is 1. The molecule has 6 nitrogen and oxygen atoms in total. The molecule has 1 saturated heterocycles.